The highest BCUT2D eigenvalue weighted by atomic mass is 16.4. The van der Waals surface area contributed by atoms with Crippen molar-refractivity contribution >= 4 is 11.9 Å². The second-order valence-electron chi connectivity index (χ2n) is 7.83. The third-order valence-electron chi connectivity index (χ3n) is 5.79. The molecule has 1 aliphatic carbocycles. The Hall–Kier alpha value is -2.64. The van der Waals surface area contributed by atoms with Crippen molar-refractivity contribution in [1.29, 1.82) is 0 Å². The summed E-state index contributed by atoms with van der Waals surface area (Å²) in [5, 5.41) is 23.3. The Morgan fingerprint density at radius 2 is 2.00 bits per heavy atom. The third-order valence-corrected chi connectivity index (χ3v) is 5.79. The SMILES string of the molecule is CC1CCc2[nH]nc(C(=O)N3CCC(c4cc(CC(=O)O)[nH]n4)CC3)c2C1. The van der Waals surface area contributed by atoms with Crippen molar-refractivity contribution in [2.45, 2.75) is 51.4 Å². The molecule has 0 saturated carbocycles. The van der Waals surface area contributed by atoms with Crippen molar-refractivity contribution in [3.63, 3.8) is 0 Å². The molecule has 3 N–H and O–H groups in total. The molecular weight excluding hydrogens is 346 g/mol. The second kappa shape index (κ2) is 7.17. The molecule has 1 saturated heterocycles. The predicted molar refractivity (Wildman–Crippen MR) is 97.6 cm³/mol. The van der Waals surface area contributed by atoms with Crippen molar-refractivity contribution < 1.29 is 14.7 Å². The Balaban J connectivity index is 1.39. The van der Waals surface area contributed by atoms with Gasteiger partial charge in [-0.2, -0.15) is 10.2 Å². The number of aliphatic carboxylic acids is 1. The molecule has 0 bridgehead atoms. The summed E-state index contributed by atoms with van der Waals surface area (Å²) < 4.78 is 0. The Morgan fingerprint density at radius 1 is 1.22 bits per heavy atom. The van der Waals surface area contributed by atoms with Crippen LogP contribution in [0.2, 0.25) is 0 Å². The van der Waals surface area contributed by atoms with Crippen LogP contribution in [0.15, 0.2) is 6.07 Å². The van der Waals surface area contributed by atoms with Gasteiger partial charge in [0.1, 0.15) is 0 Å². The molecule has 2 aromatic rings. The second-order valence-corrected chi connectivity index (χ2v) is 7.83. The third kappa shape index (κ3) is 3.61. The number of carbonyl (C=O) groups excluding carboxylic acids is 1. The molecule has 4 rings (SSSR count). The molecule has 1 fully saturated rings. The minimum absolute atomic E-state index is 0.0219. The summed E-state index contributed by atoms with van der Waals surface area (Å²) >= 11 is 0. The van der Waals surface area contributed by atoms with Crippen LogP contribution in [-0.4, -0.2) is 55.4 Å². The number of aromatic amines is 2. The first kappa shape index (κ1) is 17.8. The van der Waals surface area contributed by atoms with Gasteiger partial charge in [0.05, 0.1) is 12.1 Å². The molecule has 0 aromatic carbocycles. The van der Waals surface area contributed by atoms with Gasteiger partial charge in [0.15, 0.2) is 5.69 Å². The highest BCUT2D eigenvalue weighted by Gasteiger charge is 2.31. The lowest BCUT2D eigenvalue weighted by Gasteiger charge is -2.31. The number of likely N-dealkylation sites (tertiary alicyclic amines) is 1. The summed E-state index contributed by atoms with van der Waals surface area (Å²) in [5.41, 5.74) is 4.33. The van der Waals surface area contributed by atoms with Gasteiger partial charge < -0.3 is 10.0 Å². The Morgan fingerprint density at radius 3 is 2.74 bits per heavy atom. The number of hydrogen-bond acceptors (Lipinski definition) is 4. The average Bonchev–Trinajstić information content (AvgIpc) is 3.27. The predicted octanol–water partition coefficient (Wildman–Crippen LogP) is 1.90. The highest BCUT2D eigenvalue weighted by Crippen LogP contribution is 2.30. The smallest absolute Gasteiger partial charge is 0.309 e. The molecular formula is C19H25N5O3. The molecule has 2 aromatic heterocycles. The van der Waals surface area contributed by atoms with Crippen molar-refractivity contribution in [3.05, 3.63) is 34.4 Å². The van der Waals surface area contributed by atoms with Crippen molar-refractivity contribution in [2.75, 3.05) is 13.1 Å². The van der Waals surface area contributed by atoms with Gasteiger partial charge in [0.2, 0.25) is 0 Å². The van der Waals surface area contributed by atoms with Crippen molar-refractivity contribution in [3.8, 4) is 0 Å². The van der Waals surface area contributed by atoms with Crippen molar-refractivity contribution in [2.24, 2.45) is 5.92 Å². The monoisotopic (exact) mass is 371 g/mol. The van der Waals surface area contributed by atoms with E-state index in [9.17, 15) is 9.59 Å². The first-order valence-corrected chi connectivity index (χ1v) is 9.62. The number of piperidine rings is 1. The van der Waals surface area contributed by atoms with Gasteiger partial charge in [-0.25, -0.2) is 0 Å². The number of nitrogens with zero attached hydrogens (tertiary/aromatic N) is 3. The van der Waals surface area contributed by atoms with Gasteiger partial charge >= 0.3 is 5.97 Å². The maximum absolute atomic E-state index is 13.0. The quantitative estimate of drug-likeness (QED) is 0.759. The molecule has 1 atom stereocenters. The zero-order valence-corrected chi connectivity index (χ0v) is 15.5. The van der Waals surface area contributed by atoms with Crippen LogP contribution in [0.25, 0.3) is 0 Å². The fourth-order valence-electron chi connectivity index (χ4n) is 4.22. The maximum Gasteiger partial charge on any atom is 0.309 e. The first-order chi connectivity index (χ1) is 13.0. The zero-order chi connectivity index (χ0) is 19.0. The van der Waals surface area contributed by atoms with Crippen molar-refractivity contribution in [1.82, 2.24) is 25.3 Å². The Kier molecular flexibility index (Phi) is 4.72. The van der Waals surface area contributed by atoms with Gasteiger partial charge in [-0.3, -0.25) is 19.8 Å². The maximum atomic E-state index is 13.0. The van der Waals surface area contributed by atoms with E-state index in [2.05, 4.69) is 27.3 Å². The number of hydrogen-bond donors (Lipinski definition) is 3. The summed E-state index contributed by atoms with van der Waals surface area (Å²) in [6.07, 6.45) is 4.63. The van der Waals surface area contributed by atoms with E-state index in [0.717, 1.165) is 49.1 Å². The largest absolute Gasteiger partial charge is 0.481 e. The topological polar surface area (TPSA) is 115 Å². The lowest BCUT2D eigenvalue weighted by atomic mass is 9.87. The molecule has 8 nitrogen and oxygen atoms in total. The molecule has 144 valence electrons. The lowest BCUT2D eigenvalue weighted by Crippen LogP contribution is -2.38. The standard InChI is InChI=1S/C19H25N5O3/c1-11-2-3-15-14(8-11)18(23-21-15)19(27)24-6-4-12(5-7-24)16-9-13(20-22-16)10-17(25)26/h9,11-12H,2-8,10H2,1H3,(H,20,22)(H,21,23)(H,25,26). The Bertz CT molecular complexity index is 847. The average molecular weight is 371 g/mol. The van der Waals surface area contributed by atoms with Gasteiger partial charge in [-0.1, -0.05) is 6.92 Å². The number of carboxylic acids is 1. The molecule has 0 radical (unpaired) electrons. The van der Waals surface area contributed by atoms with Crippen LogP contribution in [0.4, 0.5) is 0 Å². The summed E-state index contributed by atoms with van der Waals surface area (Å²) in [5.74, 6) is -0.0103. The highest BCUT2D eigenvalue weighted by molar-refractivity contribution is 5.94. The molecule has 27 heavy (non-hydrogen) atoms. The molecule has 2 aliphatic rings. The Labute approximate surface area is 157 Å². The molecule has 8 heteroatoms. The van der Waals surface area contributed by atoms with E-state index in [-0.39, 0.29) is 18.2 Å². The summed E-state index contributed by atoms with van der Waals surface area (Å²) in [4.78, 5) is 25.7. The van der Waals surface area contributed by atoms with Crippen LogP contribution < -0.4 is 0 Å². The van der Waals surface area contributed by atoms with E-state index < -0.39 is 5.97 Å². The number of aromatic nitrogens is 4. The van der Waals surface area contributed by atoms with Crippen LogP contribution in [0.5, 0.6) is 0 Å². The van der Waals surface area contributed by atoms with Crippen LogP contribution in [0.1, 0.15) is 65.2 Å². The van der Waals surface area contributed by atoms with E-state index in [4.69, 9.17) is 5.11 Å². The lowest BCUT2D eigenvalue weighted by molar-refractivity contribution is -0.136. The van der Waals surface area contributed by atoms with E-state index in [1.807, 2.05) is 11.0 Å². The van der Waals surface area contributed by atoms with Crippen LogP contribution in [0.3, 0.4) is 0 Å². The fraction of sp³-hybridized carbons (Fsp3) is 0.579. The number of aryl methyl sites for hydroxylation is 1. The van der Waals surface area contributed by atoms with Gasteiger partial charge in [-0.15, -0.1) is 0 Å². The number of rotatable bonds is 4. The number of H-pyrrole nitrogens is 2. The summed E-state index contributed by atoms with van der Waals surface area (Å²) in [6.45, 7) is 3.56. The minimum Gasteiger partial charge on any atom is -0.481 e. The van der Waals surface area contributed by atoms with E-state index in [0.29, 0.717) is 30.4 Å². The minimum atomic E-state index is -0.873. The van der Waals surface area contributed by atoms with Crippen LogP contribution in [0, 0.1) is 5.92 Å². The molecule has 3 heterocycles. The zero-order valence-electron chi connectivity index (χ0n) is 15.5. The normalized spacial score (nSPS) is 20.5. The van der Waals surface area contributed by atoms with Gasteiger partial charge in [0, 0.05) is 36.0 Å². The molecule has 1 unspecified atom stereocenters. The number of carboxylic acid groups (broad SMARTS) is 1. The molecule has 1 aliphatic heterocycles. The number of amides is 1. The van der Waals surface area contributed by atoms with E-state index >= 15 is 0 Å². The summed E-state index contributed by atoms with van der Waals surface area (Å²) in [6, 6.07) is 1.84. The van der Waals surface area contributed by atoms with E-state index in [1.54, 1.807) is 0 Å². The van der Waals surface area contributed by atoms with Gasteiger partial charge in [0.25, 0.3) is 5.91 Å². The number of fused-ring (bicyclic) bond motifs is 1. The van der Waals surface area contributed by atoms with E-state index in [1.165, 1.54) is 0 Å². The van der Waals surface area contributed by atoms with Crippen LogP contribution in [-0.2, 0) is 24.1 Å². The van der Waals surface area contributed by atoms with Gasteiger partial charge in [-0.05, 0) is 44.1 Å². The number of carbonyl (C=O) groups is 2. The first-order valence-electron chi connectivity index (χ1n) is 9.62. The molecule has 1 amide bonds. The molecule has 0 spiro atoms. The van der Waals surface area contributed by atoms with Crippen LogP contribution >= 0.6 is 0 Å². The number of nitrogens with one attached hydrogen (secondary N) is 2. The fourth-order valence-corrected chi connectivity index (χ4v) is 4.22. The summed E-state index contributed by atoms with van der Waals surface area (Å²) in [7, 11) is 0.